The topological polar surface area (TPSA) is 0 Å². The van der Waals surface area contributed by atoms with Crippen molar-refractivity contribution < 1.29 is 32.7 Å². The second-order valence-electron chi connectivity index (χ2n) is 1.52. The Morgan fingerprint density at radius 2 is 2.00 bits per heavy atom. The van der Waals surface area contributed by atoms with Crippen molar-refractivity contribution >= 4 is 0 Å². The van der Waals surface area contributed by atoms with Crippen LogP contribution in [-0.2, 0) is 32.7 Å². The predicted octanol–water partition coefficient (Wildman–Crippen LogP) is 2.90. The predicted molar refractivity (Wildman–Crippen MR) is 45.4 cm³/mol. The van der Waals surface area contributed by atoms with Gasteiger partial charge in [0, 0.05) is 32.7 Å². The summed E-state index contributed by atoms with van der Waals surface area (Å²) in [6.45, 7) is 7.60. The van der Waals surface area contributed by atoms with Gasteiger partial charge in [0.2, 0.25) is 0 Å². The summed E-state index contributed by atoms with van der Waals surface area (Å²) in [6, 6.07) is 10.7. The monoisotopic (exact) mass is 222 g/mol. The average Bonchev–Trinajstić information content (AvgIpc) is 2.10. The van der Waals surface area contributed by atoms with Gasteiger partial charge in [0.05, 0.1) is 0 Å². The third-order valence-electron chi connectivity index (χ3n) is 0.953. The van der Waals surface area contributed by atoms with Crippen molar-refractivity contribution in [3.63, 3.8) is 0 Å². The molecule has 1 aromatic carbocycles. The fourth-order valence-electron chi connectivity index (χ4n) is 0.534. The quantitative estimate of drug-likeness (QED) is 0.641. The molecule has 1 rings (SSSR count). The summed E-state index contributed by atoms with van der Waals surface area (Å²) in [7, 11) is 0. The molecule has 0 heterocycles. The Hall–Kier alpha value is 0.194. The van der Waals surface area contributed by atoms with Crippen molar-refractivity contribution in [2.45, 2.75) is 13.8 Å². The van der Waals surface area contributed by atoms with Gasteiger partial charge in [0.1, 0.15) is 0 Å². The molecule has 1 heteroatoms. The molecule has 0 fully saturated rings. The molecule has 0 aromatic heterocycles. The van der Waals surface area contributed by atoms with E-state index < -0.39 is 0 Å². The van der Waals surface area contributed by atoms with Gasteiger partial charge in [-0.1, -0.05) is 43.7 Å². The van der Waals surface area contributed by atoms with Crippen LogP contribution in [0.25, 0.3) is 0 Å². The Labute approximate surface area is 95.3 Å². The minimum Gasteiger partial charge on any atom is -0.322 e. The average molecular weight is 222 g/mol. The molecule has 0 aliphatic carbocycles. The summed E-state index contributed by atoms with van der Waals surface area (Å²) < 4.78 is 0. The van der Waals surface area contributed by atoms with Crippen molar-refractivity contribution in [2.24, 2.45) is 0 Å². The van der Waals surface area contributed by atoms with E-state index in [1.54, 1.807) is 6.42 Å². The normalized spacial score (nSPS) is 6.82. The number of hydrogen-bond acceptors (Lipinski definition) is 0. The van der Waals surface area contributed by atoms with Gasteiger partial charge in [-0.2, -0.15) is 0 Å². The second kappa shape index (κ2) is 10.2. The molecule has 0 atom stereocenters. The molecule has 0 amide bonds. The molecular weight excluding hydrogens is 209 g/mol. The van der Waals surface area contributed by atoms with E-state index in [4.69, 9.17) is 0 Å². The maximum absolute atomic E-state index is 3.60. The van der Waals surface area contributed by atoms with Crippen LogP contribution in [0.4, 0.5) is 0 Å². The molecule has 0 aliphatic rings. The molecule has 0 aliphatic heterocycles. The van der Waals surface area contributed by atoms with Crippen LogP contribution >= 0.6 is 0 Å². The summed E-state index contributed by atoms with van der Waals surface area (Å²) in [6.07, 6.45) is 1.78. The van der Waals surface area contributed by atoms with E-state index in [2.05, 4.69) is 13.0 Å². The van der Waals surface area contributed by atoms with Gasteiger partial charge >= 0.3 is 0 Å². The zero-order valence-corrected chi connectivity index (χ0v) is 10.0. The van der Waals surface area contributed by atoms with Gasteiger partial charge in [-0.05, 0) is 6.07 Å². The summed E-state index contributed by atoms with van der Waals surface area (Å²) in [5.74, 6) is 0. The minimum atomic E-state index is 0. The van der Waals surface area contributed by atoms with Crippen LogP contribution in [0.5, 0.6) is 0 Å². The molecular formula is C10H13Y-. The van der Waals surface area contributed by atoms with E-state index in [9.17, 15) is 0 Å². The van der Waals surface area contributed by atoms with Crippen molar-refractivity contribution in [2.75, 3.05) is 0 Å². The van der Waals surface area contributed by atoms with Gasteiger partial charge < -0.3 is 6.92 Å². The Kier molecular flexibility index (Phi) is 12.8. The molecule has 57 valence electrons. The van der Waals surface area contributed by atoms with E-state index in [-0.39, 0.29) is 32.7 Å². The van der Waals surface area contributed by atoms with E-state index in [0.29, 0.717) is 0 Å². The van der Waals surface area contributed by atoms with Crippen LogP contribution < -0.4 is 0 Å². The second-order valence-corrected chi connectivity index (χ2v) is 1.52. The van der Waals surface area contributed by atoms with E-state index in [1.165, 1.54) is 0 Å². The number of hydrogen-bond donors (Lipinski definition) is 0. The van der Waals surface area contributed by atoms with Crippen LogP contribution in [0.3, 0.4) is 0 Å². The van der Waals surface area contributed by atoms with Crippen molar-refractivity contribution in [1.29, 1.82) is 0 Å². The third kappa shape index (κ3) is 6.59. The van der Waals surface area contributed by atoms with Gasteiger partial charge in [0.25, 0.3) is 0 Å². The molecule has 0 spiro atoms. The number of rotatable bonds is 1. The molecule has 1 aromatic rings. The Morgan fingerprint density at radius 1 is 1.36 bits per heavy atom. The first-order valence-corrected chi connectivity index (χ1v) is 3.52. The first kappa shape index (κ1) is 13.8. The van der Waals surface area contributed by atoms with Crippen LogP contribution in [0, 0.1) is 19.4 Å². The largest absolute Gasteiger partial charge is 0.322 e. The summed E-state index contributed by atoms with van der Waals surface area (Å²) in [4.78, 5) is 0. The van der Waals surface area contributed by atoms with Crippen LogP contribution in [0.15, 0.2) is 24.3 Å². The number of benzene rings is 1. The first-order chi connectivity index (χ1) is 4.93. The Balaban J connectivity index is 0. The molecule has 0 bridgehead atoms. The van der Waals surface area contributed by atoms with Gasteiger partial charge in [-0.25, -0.2) is 6.42 Å². The van der Waals surface area contributed by atoms with Crippen molar-refractivity contribution in [1.82, 2.24) is 0 Å². The smallest absolute Gasteiger partial charge is 0 e. The molecule has 0 saturated heterocycles. The van der Waals surface area contributed by atoms with Crippen molar-refractivity contribution in [3.8, 4) is 0 Å². The maximum Gasteiger partial charge on any atom is 0 e. The molecule has 11 heavy (non-hydrogen) atoms. The van der Waals surface area contributed by atoms with Crippen LogP contribution in [-0.4, -0.2) is 0 Å². The summed E-state index contributed by atoms with van der Waals surface area (Å²) >= 11 is 0. The SMILES string of the molecule is CC.[CH2-][CH+]c1[c-]cccc1.[Y]. The molecule has 0 saturated carbocycles. The van der Waals surface area contributed by atoms with E-state index >= 15 is 0 Å². The summed E-state index contributed by atoms with van der Waals surface area (Å²) in [5.41, 5.74) is 1.05. The fourth-order valence-corrected chi connectivity index (χ4v) is 0.534. The van der Waals surface area contributed by atoms with Gasteiger partial charge in [-0.3, -0.25) is 0 Å². The Bertz CT molecular complexity index is 146. The van der Waals surface area contributed by atoms with Gasteiger partial charge in [-0.15, -0.1) is 0 Å². The molecule has 0 unspecified atom stereocenters. The summed E-state index contributed by atoms with van der Waals surface area (Å²) in [5, 5.41) is 0. The van der Waals surface area contributed by atoms with Gasteiger partial charge in [0.15, 0.2) is 0 Å². The fraction of sp³-hybridized carbons (Fsp3) is 0.200. The van der Waals surface area contributed by atoms with Crippen LogP contribution in [0.2, 0.25) is 0 Å². The van der Waals surface area contributed by atoms with Crippen molar-refractivity contribution in [3.05, 3.63) is 49.2 Å². The van der Waals surface area contributed by atoms with Crippen LogP contribution in [0.1, 0.15) is 19.4 Å². The maximum atomic E-state index is 3.60. The molecule has 0 N–H and O–H groups in total. The Morgan fingerprint density at radius 3 is 2.27 bits per heavy atom. The zero-order chi connectivity index (χ0) is 7.82. The molecule has 0 nitrogen and oxygen atoms in total. The zero-order valence-electron chi connectivity index (χ0n) is 7.17. The standard InChI is InChI=1S/C8H7.C2H6.Y/c1-2-8-6-4-3-5-7-8;1-2;/h2-6H,1H2;1-2H3;/q-1;;. The van der Waals surface area contributed by atoms with E-state index in [1.807, 2.05) is 38.1 Å². The first-order valence-electron chi connectivity index (χ1n) is 3.52. The minimum absolute atomic E-state index is 0. The third-order valence-corrected chi connectivity index (χ3v) is 0.953. The molecule has 1 radical (unpaired) electrons. The van der Waals surface area contributed by atoms with E-state index in [0.717, 1.165) is 5.56 Å².